The van der Waals surface area contributed by atoms with Crippen molar-refractivity contribution in [1.82, 2.24) is 0 Å². The first-order valence-corrected chi connectivity index (χ1v) is 5.75. The molecule has 0 N–H and O–H groups in total. The van der Waals surface area contributed by atoms with Crippen LogP contribution in [0.2, 0.25) is 5.02 Å². The summed E-state index contributed by atoms with van der Waals surface area (Å²) in [6, 6.07) is 3.47. The van der Waals surface area contributed by atoms with E-state index >= 15 is 0 Å². The quantitative estimate of drug-likeness (QED) is 0.746. The molecule has 1 aromatic rings. The minimum atomic E-state index is -0.232. The van der Waals surface area contributed by atoms with Crippen LogP contribution in [0.4, 0.5) is 10.1 Å². The Kier molecular flexibility index (Phi) is 2.87. The van der Waals surface area contributed by atoms with Crippen molar-refractivity contribution in [1.29, 1.82) is 0 Å². The van der Waals surface area contributed by atoms with Crippen LogP contribution in [-0.2, 0) is 6.42 Å². The first kappa shape index (κ1) is 10.7. The highest BCUT2D eigenvalue weighted by Crippen LogP contribution is 2.37. The van der Waals surface area contributed by atoms with Crippen molar-refractivity contribution in [3.05, 3.63) is 28.5 Å². The van der Waals surface area contributed by atoms with Gasteiger partial charge < -0.3 is 4.90 Å². The van der Waals surface area contributed by atoms with Crippen molar-refractivity contribution in [2.75, 3.05) is 11.4 Å². The maximum absolute atomic E-state index is 13.1. The molecule has 0 aliphatic carbocycles. The molecule has 0 saturated carbocycles. The lowest BCUT2D eigenvalue weighted by molar-refractivity contribution is 0.626. The van der Waals surface area contributed by atoms with Crippen molar-refractivity contribution in [2.45, 2.75) is 32.7 Å². The van der Waals surface area contributed by atoms with E-state index in [9.17, 15) is 4.39 Å². The number of benzene rings is 1. The number of anilines is 1. The zero-order valence-corrected chi connectivity index (χ0v) is 9.81. The molecule has 1 heterocycles. The van der Waals surface area contributed by atoms with Crippen molar-refractivity contribution in [2.24, 2.45) is 0 Å². The van der Waals surface area contributed by atoms with Gasteiger partial charge in [0.2, 0.25) is 0 Å². The molecule has 1 atom stereocenters. The highest BCUT2D eigenvalue weighted by molar-refractivity contribution is 6.33. The van der Waals surface area contributed by atoms with Crippen LogP contribution >= 0.6 is 11.6 Å². The lowest BCUT2D eigenvalue weighted by atomic mass is 10.1. The predicted octanol–water partition coefficient (Wildman–Crippen LogP) is 3.64. The van der Waals surface area contributed by atoms with Crippen LogP contribution in [0.3, 0.4) is 0 Å². The SMILES string of the molecule is CCC(C)N1CCc2cc(F)cc(Cl)c21. The van der Waals surface area contributed by atoms with E-state index in [1.54, 1.807) is 6.07 Å². The maximum atomic E-state index is 13.1. The van der Waals surface area contributed by atoms with Gasteiger partial charge in [-0.25, -0.2) is 4.39 Å². The third-order valence-electron chi connectivity index (χ3n) is 3.14. The van der Waals surface area contributed by atoms with Gasteiger partial charge in [0.15, 0.2) is 0 Å². The molecule has 1 unspecified atom stereocenters. The van der Waals surface area contributed by atoms with Crippen LogP contribution in [0.15, 0.2) is 12.1 Å². The van der Waals surface area contributed by atoms with Crippen molar-refractivity contribution >= 4 is 17.3 Å². The topological polar surface area (TPSA) is 3.24 Å². The number of hydrogen-bond donors (Lipinski definition) is 0. The van der Waals surface area contributed by atoms with Gasteiger partial charge in [0.05, 0.1) is 10.7 Å². The minimum absolute atomic E-state index is 0.232. The number of halogens is 2. The summed E-state index contributed by atoms with van der Waals surface area (Å²) in [5, 5.41) is 0.544. The Balaban J connectivity index is 2.42. The zero-order chi connectivity index (χ0) is 11.0. The molecule has 15 heavy (non-hydrogen) atoms. The smallest absolute Gasteiger partial charge is 0.125 e. The Labute approximate surface area is 94.8 Å². The van der Waals surface area contributed by atoms with E-state index in [0.29, 0.717) is 11.1 Å². The fourth-order valence-corrected chi connectivity index (χ4v) is 2.48. The standard InChI is InChI=1S/C12H15ClFN/c1-3-8(2)15-5-4-9-6-10(14)7-11(13)12(9)15/h6-8H,3-5H2,1-2H3. The molecule has 0 amide bonds. The Bertz CT molecular complexity index is 378. The first-order chi connectivity index (χ1) is 7.13. The molecule has 0 bridgehead atoms. The molecule has 0 radical (unpaired) electrons. The summed E-state index contributed by atoms with van der Waals surface area (Å²) in [6.07, 6.45) is 1.98. The van der Waals surface area contributed by atoms with Crippen LogP contribution in [0.25, 0.3) is 0 Å². The Morgan fingerprint density at radius 2 is 2.27 bits per heavy atom. The number of nitrogens with zero attached hydrogens (tertiary/aromatic N) is 1. The Hall–Kier alpha value is -0.760. The van der Waals surface area contributed by atoms with Crippen molar-refractivity contribution < 1.29 is 4.39 Å². The van der Waals surface area contributed by atoms with Gasteiger partial charge in [0.1, 0.15) is 5.82 Å². The maximum Gasteiger partial charge on any atom is 0.125 e. The van der Waals surface area contributed by atoms with Gasteiger partial charge >= 0.3 is 0 Å². The fourth-order valence-electron chi connectivity index (χ4n) is 2.15. The van der Waals surface area contributed by atoms with E-state index in [1.807, 2.05) is 0 Å². The molecule has 0 spiro atoms. The van der Waals surface area contributed by atoms with Crippen LogP contribution < -0.4 is 4.90 Å². The summed E-state index contributed by atoms with van der Waals surface area (Å²) in [5.74, 6) is -0.232. The highest BCUT2D eigenvalue weighted by atomic mass is 35.5. The largest absolute Gasteiger partial charge is 0.367 e. The summed E-state index contributed by atoms with van der Waals surface area (Å²) in [7, 11) is 0. The van der Waals surface area contributed by atoms with E-state index in [-0.39, 0.29) is 5.82 Å². The molecule has 1 aliphatic rings. The lowest BCUT2D eigenvalue weighted by Gasteiger charge is -2.27. The summed E-state index contributed by atoms with van der Waals surface area (Å²) in [4.78, 5) is 2.27. The molecular weight excluding hydrogens is 213 g/mol. The summed E-state index contributed by atoms with van der Waals surface area (Å²) < 4.78 is 13.1. The van der Waals surface area contributed by atoms with Gasteiger partial charge in [0, 0.05) is 12.6 Å². The minimum Gasteiger partial charge on any atom is -0.367 e. The van der Waals surface area contributed by atoms with E-state index in [2.05, 4.69) is 18.7 Å². The average Bonchev–Trinajstić information content (AvgIpc) is 2.60. The Morgan fingerprint density at radius 1 is 1.53 bits per heavy atom. The molecule has 1 aliphatic heterocycles. The number of hydrogen-bond acceptors (Lipinski definition) is 1. The van der Waals surface area contributed by atoms with Gasteiger partial charge in [-0.2, -0.15) is 0 Å². The van der Waals surface area contributed by atoms with Crippen LogP contribution in [0.5, 0.6) is 0 Å². The zero-order valence-electron chi connectivity index (χ0n) is 9.06. The van der Waals surface area contributed by atoms with Crippen molar-refractivity contribution in [3.63, 3.8) is 0 Å². The molecule has 0 saturated heterocycles. The number of fused-ring (bicyclic) bond motifs is 1. The molecule has 2 rings (SSSR count). The van der Waals surface area contributed by atoms with Crippen LogP contribution in [-0.4, -0.2) is 12.6 Å². The predicted molar refractivity (Wildman–Crippen MR) is 62.2 cm³/mol. The van der Waals surface area contributed by atoms with E-state index in [0.717, 1.165) is 30.6 Å². The monoisotopic (exact) mass is 227 g/mol. The normalized spacial score (nSPS) is 16.7. The summed E-state index contributed by atoms with van der Waals surface area (Å²) >= 11 is 6.09. The molecule has 1 aromatic carbocycles. The van der Waals surface area contributed by atoms with Crippen molar-refractivity contribution in [3.8, 4) is 0 Å². The second-order valence-corrected chi connectivity index (χ2v) is 4.50. The highest BCUT2D eigenvalue weighted by Gasteiger charge is 2.25. The average molecular weight is 228 g/mol. The van der Waals surface area contributed by atoms with Gasteiger partial charge in [-0.3, -0.25) is 0 Å². The van der Waals surface area contributed by atoms with Gasteiger partial charge in [0.25, 0.3) is 0 Å². The molecule has 1 nitrogen and oxygen atoms in total. The van der Waals surface area contributed by atoms with Crippen LogP contribution in [0.1, 0.15) is 25.8 Å². The second-order valence-electron chi connectivity index (χ2n) is 4.10. The summed E-state index contributed by atoms with van der Waals surface area (Å²) in [6.45, 7) is 5.28. The Morgan fingerprint density at radius 3 is 2.93 bits per heavy atom. The molecule has 3 heteroatoms. The number of rotatable bonds is 2. The second kappa shape index (κ2) is 4.01. The van der Waals surface area contributed by atoms with Gasteiger partial charge in [-0.1, -0.05) is 18.5 Å². The van der Waals surface area contributed by atoms with Crippen LogP contribution in [0, 0.1) is 5.82 Å². The molecule has 0 fully saturated rings. The van der Waals surface area contributed by atoms with Gasteiger partial charge in [-0.05, 0) is 37.5 Å². The van der Waals surface area contributed by atoms with E-state index in [4.69, 9.17) is 11.6 Å². The fraction of sp³-hybridized carbons (Fsp3) is 0.500. The van der Waals surface area contributed by atoms with E-state index in [1.165, 1.54) is 6.07 Å². The summed E-state index contributed by atoms with van der Waals surface area (Å²) in [5.41, 5.74) is 2.08. The third-order valence-corrected chi connectivity index (χ3v) is 3.43. The molecular formula is C12H15ClFN. The lowest BCUT2D eigenvalue weighted by Crippen LogP contribution is -2.30. The third kappa shape index (κ3) is 1.83. The molecule has 0 aromatic heterocycles. The first-order valence-electron chi connectivity index (χ1n) is 5.38. The molecule has 82 valence electrons. The van der Waals surface area contributed by atoms with Gasteiger partial charge in [-0.15, -0.1) is 0 Å². The van der Waals surface area contributed by atoms with E-state index < -0.39 is 0 Å².